The third kappa shape index (κ3) is 3.38. The van der Waals surface area contributed by atoms with Crippen molar-refractivity contribution in [3.05, 3.63) is 47.2 Å². The summed E-state index contributed by atoms with van der Waals surface area (Å²) in [5, 5.41) is 5.51. The molecule has 2 N–H and O–H groups in total. The topological polar surface area (TPSA) is 98.6 Å². The molecule has 0 bridgehead atoms. The number of esters is 1. The van der Waals surface area contributed by atoms with E-state index >= 15 is 0 Å². The van der Waals surface area contributed by atoms with Crippen LogP contribution in [0.15, 0.2) is 47.2 Å². The monoisotopic (exact) mass is 480 g/mol. The Bertz CT molecular complexity index is 1300. The van der Waals surface area contributed by atoms with E-state index in [9.17, 15) is 4.79 Å². The summed E-state index contributed by atoms with van der Waals surface area (Å²) in [6.07, 6.45) is 5.03. The summed E-state index contributed by atoms with van der Waals surface area (Å²) in [6, 6.07) is 10.1. The largest absolute Gasteiger partial charge is 0.469 e. The SMILES string of the molecule is COC(=O)C1CCN(c2nc3c(-c4cnc5ccccc5c4)cnn3c(N)c2Br)CC1. The minimum Gasteiger partial charge on any atom is -0.469 e. The Hall–Kier alpha value is -3.20. The number of hydrogen-bond donors (Lipinski definition) is 1. The number of halogens is 1. The van der Waals surface area contributed by atoms with Crippen molar-refractivity contribution in [2.75, 3.05) is 30.8 Å². The minimum absolute atomic E-state index is 0.0738. The Balaban J connectivity index is 1.55. The number of rotatable bonds is 3. The van der Waals surface area contributed by atoms with Crippen molar-refractivity contribution in [2.45, 2.75) is 12.8 Å². The lowest BCUT2D eigenvalue weighted by Crippen LogP contribution is -2.37. The van der Waals surface area contributed by atoms with Crippen LogP contribution in [0, 0.1) is 5.92 Å². The third-order valence-electron chi connectivity index (χ3n) is 5.84. The Morgan fingerprint density at radius 2 is 2.00 bits per heavy atom. The highest BCUT2D eigenvalue weighted by Gasteiger charge is 2.28. The second-order valence-corrected chi connectivity index (χ2v) is 8.42. The van der Waals surface area contributed by atoms with Crippen LogP contribution in [0.3, 0.4) is 0 Å². The second-order valence-electron chi connectivity index (χ2n) is 7.63. The van der Waals surface area contributed by atoms with Gasteiger partial charge in [0, 0.05) is 35.8 Å². The number of ether oxygens (including phenoxy) is 1. The van der Waals surface area contributed by atoms with Crippen molar-refractivity contribution in [2.24, 2.45) is 5.92 Å². The number of nitrogens with zero attached hydrogens (tertiary/aromatic N) is 5. The summed E-state index contributed by atoms with van der Waals surface area (Å²) in [7, 11) is 1.43. The van der Waals surface area contributed by atoms with E-state index in [1.807, 2.05) is 30.5 Å². The van der Waals surface area contributed by atoms with Gasteiger partial charge in [0.15, 0.2) is 5.65 Å². The van der Waals surface area contributed by atoms with Crippen LogP contribution in [0.1, 0.15) is 12.8 Å². The Morgan fingerprint density at radius 3 is 2.77 bits per heavy atom. The van der Waals surface area contributed by atoms with Crippen LogP contribution in [0.5, 0.6) is 0 Å². The maximum absolute atomic E-state index is 11.9. The third-order valence-corrected chi connectivity index (χ3v) is 6.60. The number of carbonyl (C=O) groups excluding carboxylic acids is 1. The summed E-state index contributed by atoms with van der Waals surface area (Å²) < 4.78 is 7.23. The average Bonchev–Trinajstić information content (AvgIpc) is 3.25. The van der Waals surface area contributed by atoms with Gasteiger partial charge in [-0.3, -0.25) is 9.78 Å². The van der Waals surface area contributed by atoms with Crippen LogP contribution in [-0.2, 0) is 9.53 Å². The van der Waals surface area contributed by atoms with Crippen LogP contribution >= 0.6 is 15.9 Å². The molecule has 1 aliphatic rings. The van der Waals surface area contributed by atoms with Gasteiger partial charge in [0.25, 0.3) is 0 Å². The van der Waals surface area contributed by atoms with Crippen LogP contribution in [0.25, 0.3) is 27.7 Å². The first-order valence-corrected chi connectivity index (χ1v) is 10.9. The highest BCUT2D eigenvalue weighted by molar-refractivity contribution is 9.10. The van der Waals surface area contributed by atoms with Gasteiger partial charge in [-0.15, -0.1) is 0 Å². The van der Waals surface area contributed by atoms with Crippen molar-refractivity contribution in [3.8, 4) is 11.1 Å². The molecule has 3 aromatic heterocycles. The zero-order chi connectivity index (χ0) is 21.5. The highest BCUT2D eigenvalue weighted by atomic mass is 79.9. The van der Waals surface area contributed by atoms with Crippen molar-refractivity contribution in [3.63, 3.8) is 0 Å². The number of nitrogens with two attached hydrogens (primary N) is 1. The van der Waals surface area contributed by atoms with Gasteiger partial charge in [-0.1, -0.05) is 18.2 Å². The van der Waals surface area contributed by atoms with E-state index in [1.165, 1.54) is 7.11 Å². The van der Waals surface area contributed by atoms with Crippen molar-refractivity contribution in [1.82, 2.24) is 19.6 Å². The van der Waals surface area contributed by atoms with E-state index in [4.69, 9.17) is 15.5 Å². The van der Waals surface area contributed by atoms with Crippen molar-refractivity contribution < 1.29 is 9.53 Å². The molecule has 31 heavy (non-hydrogen) atoms. The first-order chi connectivity index (χ1) is 15.1. The van der Waals surface area contributed by atoms with Crippen LogP contribution in [-0.4, -0.2) is 45.8 Å². The molecule has 5 rings (SSSR count). The normalized spacial score (nSPS) is 15.0. The van der Waals surface area contributed by atoms with E-state index in [-0.39, 0.29) is 11.9 Å². The molecule has 0 atom stereocenters. The molecule has 1 aromatic carbocycles. The van der Waals surface area contributed by atoms with Crippen molar-refractivity contribution >= 4 is 50.1 Å². The molecule has 0 unspecified atom stereocenters. The molecule has 4 heterocycles. The van der Waals surface area contributed by atoms with Gasteiger partial charge in [-0.25, -0.2) is 4.98 Å². The molecule has 0 radical (unpaired) electrons. The van der Waals surface area contributed by atoms with E-state index in [0.717, 1.165) is 27.8 Å². The van der Waals surface area contributed by atoms with E-state index in [1.54, 1.807) is 10.7 Å². The predicted octanol–water partition coefficient (Wildman–Crippen LogP) is 3.68. The molecule has 158 valence electrons. The maximum Gasteiger partial charge on any atom is 0.308 e. The molecular weight excluding hydrogens is 460 g/mol. The van der Waals surface area contributed by atoms with E-state index in [0.29, 0.717) is 41.9 Å². The highest BCUT2D eigenvalue weighted by Crippen LogP contribution is 2.36. The van der Waals surface area contributed by atoms with E-state index < -0.39 is 0 Å². The molecule has 1 fully saturated rings. The van der Waals surface area contributed by atoms with Crippen LogP contribution in [0.2, 0.25) is 0 Å². The first kappa shape index (κ1) is 19.7. The Kier molecular flexibility index (Phi) is 4.97. The van der Waals surface area contributed by atoms with Gasteiger partial charge in [0.05, 0.1) is 24.7 Å². The van der Waals surface area contributed by atoms with Gasteiger partial charge in [-0.05, 0) is 40.9 Å². The molecule has 0 saturated carbocycles. The summed E-state index contributed by atoms with van der Waals surface area (Å²) in [5.41, 5.74) is 9.80. The summed E-state index contributed by atoms with van der Waals surface area (Å²) in [6.45, 7) is 1.39. The van der Waals surface area contributed by atoms with Gasteiger partial charge >= 0.3 is 5.97 Å². The summed E-state index contributed by atoms with van der Waals surface area (Å²) in [4.78, 5) is 23.5. The number of carbonyl (C=O) groups is 1. The lowest BCUT2D eigenvalue weighted by Gasteiger charge is -2.32. The lowest BCUT2D eigenvalue weighted by molar-refractivity contribution is -0.146. The quantitative estimate of drug-likeness (QED) is 0.446. The molecule has 4 aromatic rings. The van der Waals surface area contributed by atoms with Crippen molar-refractivity contribution in [1.29, 1.82) is 0 Å². The molecule has 1 saturated heterocycles. The zero-order valence-corrected chi connectivity index (χ0v) is 18.5. The number of aromatic nitrogens is 4. The Morgan fingerprint density at radius 1 is 1.23 bits per heavy atom. The molecule has 9 heteroatoms. The minimum atomic E-state index is -0.150. The smallest absolute Gasteiger partial charge is 0.308 e. The molecule has 8 nitrogen and oxygen atoms in total. The van der Waals surface area contributed by atoms with Gasteiger partial charge in [0.2, 0.25) is 0 Å². The van der Waals surface area contributed by atoms with Gasteiger partial charge < -0.3 is 15.4 Å². The number of para-hydroxylation sites is 1. The molecule has 0 spiro atoms. The zero-order valence-electron chi connectivity index (χ0n) is 17.0. The standard InChI is InChI=1S/C22H21BrN6O2/c1-31-22(30)13-6-8-28(9-7-13)21-18(23)19(24)29-20(27-21)16(12-26-29)15-10-14-4-2-3-5-17(14)25-11-15/h2-5,10-13H,6-9,24H2,1H3. The molecule has 0 amide bonds. The fourth-order valence-electron chi connectivity index (χ4n) is 4.11. The summed E-state index contributed by atoms with van der Waals surface area (Å²) >= 11 is 3.60. The molecular formula is C22H21BrN6O2. The van der Waals surface area contributed by atoms with Crippen LogP contribution < -0.4 is 10.6 Å². The van der Waals surface area contributed by atoms with Crippen LogP contribution in [0.4, 0.5) is 11.6 Å². The van der Waals surface area contributed by atoms with Gasteiger partial charge in [0.1, 0.15) is 16.1 Å². The number of pyridine rings is 1. The number of anilines is 2. The first-order valence-electron chi connectivity index (χ1n) is 10.1. The molecule has 0 aliphatic carbocycles. The number of fused-ring (bicyclic) bond motifs is 2. The van der Waals surface area contributed by atoms with Gasteiger partial charge in [-0.2, -0.15) is 9.61 Å². The summed E-state index contributed by atoms with van der Waals surface area (Å²) in [5.74, 6) is 1.01. The predicted molar refractivity (Wildman–Crippen MR) is 123 cm³/mol. The number of benzene rings is 1. The fraction of sp³-hybridized carbons (Fsp3) is 0.273. The van der Waals surface area contributed by atoms with E-state index in [2.05, 4.69) is 37.0 Å². The maximum atomic E-state index is 11.9. The number of methoxy groups -OCH3 is 1. The fourth-order valence-corrected chi connectivity index (χ4v) is 4.62. The Labute approximate surface area is 187 Å². The lowest BCUT2D eigenvalue weighted by atomic mass is 9.97. The molecule has 1 aliphatic heterocycles. The second kappa shape index (κ2) is 7.81. The number of hydrogen-bond acceptors (Lipinski definition) is 7. The number of piperidine rings is 1. The average molecular weight is 481 g/mol. The number of nitrogen functional groups attached to an aromatic ring is 1.